The summed E-state index contributed by atoms with van der Waals surface area (Å²) in [6, 6.07) is 13.3. The van der Waals surface area contributed by atoms with Crippen molar-refractivity contribution in [3.8, 4) is 5.75 Å². The highest BCUT2D eigenvalue weighted by Crippen LogP contribution is 2.21. The van der Waals surface area contributed by atoms with E-state index in [1.807, 2.05) is 36.4 Å². The van der Waals surface area contributed by atoms with Crippen LogP contribution in [0.4, 0.5) is 0 Å². The molecule has 4 rings (SSSR count). The zero-order valence-corrected chi connectivity index (χ0v) is 17.4. The summed E-state index contributed by atoms with van der Waals surface area (Å²) in [5.41, 5.74) is 4.93. The standard InChI is InChI=1S/C21H20N4O5S/c1-14(30-18-8-6-15-4-2-3-5-16(15)12-18)20(26)22-23-21(27)17-7-9-19-24-31(28,29)11-10-25(19)13-17/h2-9,12-14H,10-11H2,1H3,(H,22,26)(H,23,27)/t14-/m0/s1. The molecule has 160 valence electrons. The number of hydrazine groups is 1. The molecule has 0 fully saturated rings. The van der Waals surface area contributed by atoms with Crippen molar-refractivity contribution in [2.45, 2.75) is 13.0 Å². The van der Waals surface area contributed by atoms with Gasteiger partial charge in [0.25, 0.3) is 21.8 Å². The van der Waals surface area contributed by atoms with E-state index in [0.717, 1.165) is 10.8 Å². The van der Waals surface area contributed by atoms with Gasteiger partial charge in [0.15, 0.2) is 6.10 Å². The molecule has 0 bridgehead atoms. The van der Waals surface area contributed by atoms with Crippen LogP contribution in [0.1, 0.15) is 6.92 Å². The van der Waals surface area contributed by atoms with Crippen LogP contribution >= 0.6 is 0 Å². The number of sulfonamides is 1. The minimum atomic E-state index is -3.47. The largest absolute Gasteiger partial charge is 0.481 e. The van der Waals surface area contributed by atoms with E-state index in [1.165, 1.54) is 18.4 Å². The van der Waals surface area contributed by atoms with Gasteiger partial charge >= 0.3 is 0 Å². The Morgan fingerprint density at radius 3 is 2.68 bits per heavy atom. The first-order chi connectivity index (χ1) is 14.8. The number of nitrogens with zero attached hydrogens (tertiary/aromatic N) is 2. The maximum atomic E-state index is 12.4. The molecule has 0 saturated heterocycles. The van der Waals surface area contributed by atoms with E-state index in [9.17, 15) is 18.0 Å². The molecule has 0 radical (unpaired) electrons. The van der Waals surface area contributed by atoms with E-state index >= 15 is 0 Å². The van der Waals surface area contributed by atoms with Gasteiger partial charge < -0.3 is 9.64 Å². The Balaban J connectivity index is 1.33. The van der Waals surface area contributed by atoms with Crippen molar-refractivity contribution in [1.29, 1.82) is 0 Å². The van der Waals surface area contributed by atoms with Gasteiger partial charge in [-0.1, -0.05) is 30.3 Å². The second-order valence-electron chi connectivity index (χ2n) is 7.06. The fourth-order valence-electron chi connectivity index (χ4n) is 3.13. The Morgan fingerprint density at radius 1 is 1.10 bits per heavy atom. The highest BCUT2D eigenvalue weighted by Gasteiger charge is 2.25. The fourth-order valence-corrected chi connectivity index (χ4v) is 4.10. The maximum absolute atomic E-state index is 12.4. The van der Waals surface area contributed by atoms with E-state index in [1.54, 1.807) is 17.9 Å². The summed E-state index contributed by atoms with van der Waals surface area (Å²) in [5.74, 6) is -0.402. The summed E-state index contributed by atoms with van der Waals surface area (Å²) in [7, 11) is -3.47. The fraction of sp³-hybridized carbons (Fsp3) is 0.190. The molecule has 0 saturated carbocycles. The molecule has 2 aliphatic rings. The monoisotopic (exact) mass is 440 g/mol. The Bertz CT molecular complexity index is 1250. The van der Waals surface area contributed by atoms with Crippen LogP contribution in [0.15, 0.2) is 70.8 Å². The molecule has 2 N–H and O–H groups in total. The summed E-state index contributed by atoms with van der Waals surface area (Å²) in [6.07, 6.45) is 3.53. The van der Waals surface area contributed by atoms with E-state index in [-0.39, 0.29) is 23.7 Å². The number of hydrogen-bond acceptors (Lipinski definition) is 6. The van der Waals surface area contributed by atoms with Gasteiger partial charge in [0.1, 0.15) is 11.6 Å². The van der Waals surface area contributed by atoms with Crippen LogP contribution in [0.3, 0.4) is 0 Å². The first-order valence-electron chi connectivity index (χ1n) is 9.56. The molecule has 31 heavy (non-hydrogen) atoms. The van der Waals surface area contributed by atoms with Gasteiger partial charge in [-0.2, -0.15) is 0 Å². The lowest BCUT2D eigenvalue weighted by Gasteiger charge is -2.27. The minimum Gasteiger partial charge on any atom is -0.481 e. The lowest BCUT2D eigenvalue weighted by molar-refractivity contribution is -0.131. The topological polar surface area (TPSA) is 117 Å². The number of fused-ring (bicyclic) bond motifs is 2. The van der Waals surface area contributed by atoms with Gasteiger partial charge in [-0.25, -0.2) is 8.42 Å². The van der Waals surface area contributed by atoms with Crippen LogP contribution in [0.5, 0.6) is 5.75 Å². The molecular formula is C21H20N4O5S. The van der Waals surface area contributed by atoms with Crippen LogP contribution in [0, 0.1) is 0 Å². The molecule has 2 amide bonds. The Labute approximate surface area is 179 Å². The number of nitrogens with one attached hydrogen (secondary N) is 2. The van der Waals surface area contributed by atoms with Crippen molar-refractivity contribution >= 4 is 38.4 Å². The molecule has 2 aromatic rings. The van der Waals surface area contributed by atoms with Crippen molar-refractivity contribution < 1.29 is 22.7 Å². The van der Waals surface area contributed by atoms with Crippen molar-refractivity contribution in [1.82, 2.24) is 15.8 Å². The maximum Gasteiger partial charge on any atom is 0.279 e. The lowest BCUT2D eigenvalue weighted by atomic mass is 10.1. The number of benzene rings is 2. The Kier molecular flexibility index (Phi) is 5.47. The average molecular weight is 440 g/mol. The second kappa shape index (κ2) is 8.23. The van der Waals surface area contributed by atoms with Crippen molar-refractivity contribution in [3.05, 3.63) is 66.4 Å². The predicted molar refractivity (Wildman–Crippen MR) is 115 cm³/mol. The zero-order chi connectivity index (χ0) is 22.0. The summed E-state index contributed by atoms with van der Waals surface area (Å²) < 4.78 is 32.4. The van der Waals surface area contributed by atoms with E-state index in [4.69, 9.17) is 4.74 Å². The van der Waals surface area contributed by atoms with Gasteiger partial charge in [0.05, 0.1) is 11.3 Å². The van der Waals surface area contributed by atoms with Crippen molar-refractivity contribution in [3.63, 3.8) is 0 Å². The van der Waals surface area contributed by atoms with Gasteiger partial charge in [0, 0.05) is 12.7 Å². The molecule has 2 aromatic carbocycles. The van der Waals surface area contributed by atoms with E-state index < -0.39 is 27.9 Å². The normalized spacial score (nSPS) is 17.8. The molecule has 1 atom stereocenters. The molecule has 0 aromatic heterocycles. The minimum absolute atomic E-state index is 0.129. The highest BCUT2D eigenvalue weighted by molar-refractivity contribution is 7.90. The molecule has 0 spiro atoms. The van der Waals surface area contributed by atoms with E-state index in [2.05, 4.69) is 15.2 Å². The number of ether oxygens (including phenoxy) is 1. The van der Waals surface area contributed by atoms with Crippen LogP contribution in [-0.2, 0) is 19.6 Å². The Morgan fingerprint density at radius 2 is 1.87 bits per heavy atom. The summed E-state index contributed by atoms with van der Waals surface area (Å²) in [5, 5.41) is 2.05. The first-order valence-corrected chi connectivity index (χ1v) is 11.2. The number of amides is 2. The third kappa shape index (κ3) is 4.75. The highest BCUT2D eigenvalue weighted by atomic mass is 32.2. The lowest BCUT2D eigenvalue weighted by Crippen LogP contribution is -2.48. The molecule has 2 aliphatic heterocycles. The Hall–Kier alpha value is -3.66. The van der Waals surface area contributed by atoms with Crippen LogP contribution in [0.25, 0.3) is 10.8 Å². The number of carbonyl (C=O) groups excluding carboxylic acids is 2. The summed E-state index contributed by atoms with van der Waals surface area (Å²) in [4.78, 5) is 26.2. The van der Waals surface area contributed by atoms with Gasteiger partial charge in [0.2, 0.25) is 0 Å². The number of carbonyl (C=O) groups is 2. The van der Waals surface area contributed by atoms with E-state index in [0.29, 0.717) is 5.75 Å². The van der Waals surface area contributed by atoms with Crippen LogP contribution < -0.4 is 15.6 Å². The quantitative estimate of drug-likeness (QED) is 0.691. The average Bonchev–Trinajstić information content (AvgIpc) is 2.76. The first kappa shape index (κ1) is 20.6. The second-order valence-corrected chi connectivity index (χ2v) is 8.81. The number of rotatable bonds is 4. The van der Waals surface area contributed by atoms with Gasteiger partial charge in [-0.15, -0.1) is 4.40 Å². The predicted octanol–water partition coefficient (Wildman–Crippen LogP) is 1.25. The third-order valence-electron chi connectivity index (χ3n) is 4.79. The number of hydrogen-bond donors (Lipinski definition) is 2. The zero-order valence-electron chi connectivity index (χ0n) is 16.6. The summed E-state index contributed by atoms with van der Waals surface area (Å²) in [6.45, 7) is 1.78. The molecule has 0 unspecified atom stereocenters. The smallest absolute Gasteiger partial charge is 0.279 e. The SMILES string of the molecule is C[C@H](Oc1ccc2ccccc2c1)C(=O)NNC(=O)C1=CN2CCS(=O)(=O)N=C2C=C1. The van der Waals surface area contributed by atoms with Crippen LogP contribution in [-0.4, -0.2) is 49.4 Å². The molecule has 9 nitrogen and oxygen atoms in total. The van der Waals surface area contributed by atoms with Crippen molar-refractivity contribution in [2.24, 2.45) is 4.40 Å². The number of amidine groups is 1. The molecule has 2 heterocycles. The van der Waals surface area contributed by atoms with Gasteiger partial charge in [-0.05, 0) is 42.0 Å². The molecule has 10 heteroatoms. The third-order valence-corrected chi connectivity index (χ3v) is 5.95. The molecule has 0 aliphatic carbocycles. The van der Waals surface area contributed by atoms with Crippen molar-refractivity contribution in [2.75, 3.05) is 12.3 Å². The summed E-state index contributed by atoms with van der Waals surface area (Å²) >= 11 is 0. The van der Waals surface area contributed by atoms with Gasteiger partial charge in [-0.3, -0.25) is 20.4 Å². The molecular weight excluding hydrogens is 420 g/mol. The van der Waals surface area contributed by atoms with Crippen LogP contribution in [0.2, 0.25) is 0 Å².